The maximum absolute atomic E-state index is 14.8. The zero-order valence-electron chi connectivity index (χ0n) is 36.3. The first-order chi connectivity index (χ1) is 27.6. The summed E-state index contributed by atoms with van der Waals surface area (Å²) >= 11 is 1.17. The van der Waals surface area contributed by atoms with E-state index in [4.69, 9.17) is 9.57 Å². The third-order valence-corrected chi connectivity index (χ3v) is 12.1. The highest BCUT2D eigenvalue weighted by atomic mass is 32.1. The van der Waals surface area contributed by atoms with Crippen LogP contribution in [0.25, 0.3) is 0 Å². The number of carboxylic acid groups (broad SMARTS) is 1. The molecule has 58 heavy (non-hydrogen) atoms. The van der Waals surface area contributed by atoms with E-state index in [-0.39, 0.29) is 48.2 Å². The van der Waals surface area contributed by atoms with Crippen LogP contribution in [0.1, 0.15) is 145 Å². The number of nitrogens with zero attached hydrogens (tertiary/aromatic N) is 3. The number of carboxylic acids is 1. The number of ether oxygens (including phenoxy) is 1. The van der Waals surface area contributed by atoms with Crippen LogP contribution in [0, 0.1) is 24.7 Å². The number of aromatic nitrogens is 1. The van der Waals surface area contributed by atoms with Crippen molar-refractivity contribution in [3.05, 3.63) is 51.5 Å². The van der Waals surface area contributed by atoms with Gasteiger partial charge in [-0.2, -0.15) is 0 Å². The number of unbranched alkanes of at least 4 members (excludes halogenated alkanes) is 3. The van der Waals surface area contributed by atoms with Gasteiger partial charge in [-0.1, -0.05) is 103 Å². The summed E-state index contributed by atoms with van der Waals surface area (Å²) in [7, 11) is 1.94. The highest BCUT2D eigenvalue weighted by Gasteiger charge is 2.40. The van der Waals surface area contributed by atoms with Crippen LogP contribution in [0.15, 0.2) is 29.6 Å². The molecule has 1 fully saturated rings. The molecule has 2 aromatic rings. The van der Waals surface area contributed by atoms with E-state index in [0.717, 1.165) is 62.6 Å². The molecule has 13 nitrogen and oxygen atoms in total. The molecule has 324 valence electrons. The highest BCUT2D eigenvalue weighted by molar-refractivity contribution is 7.09. The molecule has 1 aromatic heterocycles. The summed E-state index contributed by atoms with van der Waals surface area (Å²) in [6.07, 6.45) is 6.96. The Bertz CT molecular complexity index is 1620. The number of hydrogen-bond acceptors (Lipinski definition) is 10. The van der Waals surface area contributed by atoms with Crippen LogP contribution in [0.4, 0.5) is 0 Å². The molecule has 0 saturated carbocycles. The summed E-state index contributed by atoms with van der Waals surface area (Å²) in [6, 6.07) is 5.65. The van der Waals surface area contributed by atoms with Gasteiger partial charge in [0.15, 0.2) is 6.10 Å². The Balaban J connectivity index is 1.93. The van der Waals surface area contributed by atoms with Gasteiger partial charge in [-0.05, 0) is 70.0 Å². The highest BCUT2D eigenvalue weighted by Crippen LogP contribution is 2.32. The SMILES string of the molecule is CCCCCCON(C(=O)[C@@H](NC(=O)[C@H]1CCCCN1C)[C@@H](C)CC)[C@H](C[C@@H](OC(C)=O)c1nc(C(=O)N[C@@H](Cc2ccc(C)cc2)C[C@H](C)C(=O)O)cs1)C(C)C. The number of amides is 3. The van der Waals surface area contributed by atoms with E-state index < -0.39 is 48.0 Å². The fraction of sp³-hybridized carbons (Fsp3) is 0.682. The van der Waals surface area contributed by atoms with Crippen LogP contribution < -0.4 is 10.6 Å². The zero-order chi connectivity index (χ0) is 42.9. The second-order valence-electron chi connectivity index (χ2n) is 16.5. The summed E-state index contributed by atoms with van der Waals surface area (Å²) < 4.78 is 5.87. The topological polar surface area (TPSA) is 167 Å². The van der Waals surface area contributed by atoms with Gasteiger partial charge in [0.2, 0.25) is 5.91 Å². The van der Waals surface area contributed by atoms with Crippen LogP contribution in [0.3, 0.4) is 0 Å². The van der Waals surface area contributed by atoms with Gasteiger partial charge in [0, 0.05) is 24.8 Å². The van der Waals surface area contributed by atoms with Gasteiger partial charge in [-0.25, -0.2) is 10.0 Å². The summed E-state index contributed by atoms with van der Waals surface area (Å²) in [6.45, 7) is 16.0. The van der Waals surface area contributed by atoms with E-state index >= 15 is 0 Å². The molecule has 0 unspecified atom stereocenters. The van der Waals surface area contributed by atoms with E-state index in [0.29, 0.717) is 24.5 Å². The average molecular weight is 828 g/mol. The molecule has 0 spiro atoms. The second kappa shape index (κ2) is 24.3. The lowest BCUT2D eigenvalue weighted by molar-refractivity contribution is -0.213. The van der Waals surface area contributed by atoms with Crippen molar-refractivity contribution in [2.24, 2.45) is 17.8 Å². The Morgan fingerprint density at radius 3 is 2.31 bits per heavy atom. The van der Waals surface area contributed by atoms with Gasteiger partial charge < -0.3 is 20.5 Å². The van der Waals surface area contributed by atoms with Crippen LogP contribution in [-0.4, -0.2) is 94.1 Å². The molecular formula is C44H69N5O8S. The number of benzene rings is 1. The molecule has 1 saturated heterocycles. The lowest BCUT2D eigenvalue weighted by Gasteiger charge is -2.39. The normalized spacial score (nSPS) is 17.7. The number of esters is 1. The van der Waals surface area contributed by atoms with Gasteiger partial charge in [-0.15, -0.1) is 11.3 Å². The van der Waals surface area contributed by atoms with Crippen molar-refractivity contribution in [2.75, 3.05) is 20.2 Å². The van der Waals surface area contributed by atoms with E-state index in [9.17, 15) is 29.1 Å². The number of piperidine rings is 1. The number of thiazole rings is 1. The second-order valence-corrected chi connectivity index (χ2v) is 17.4. The summed E-state index contributed by atoms with van der Waals surface area (Å²) in [4.78, 5) is 79.6. The Morgan fingerprint density at radius 1 is 1.00 bits per heavy atom. The number of nitrogens with one attached hydrogen (secondary N) is 2. The van der Waals surface area contributed by atoms with Crippen LogP contribution in [0.2, 0.25) is 0 Å². The third kappa shape index (κ3) is 15.1. The Morgan fingerprint density at radius 2 is 1.71 bits per heavy atom. The number of likely N-dealkylation sites (tertiary alicyclic amines) is 1. The molecule has 0 radical (unpaired) electrons. The first kappa shape index (κ1) is 48.5. The van der Waals surface area contributed by atoms with Crippen molar-refractivity contribution < 1.29 is 38.7 Å². The minimum atomic E-state index is -0.949. The monoisotopic (exact) mass is 827 g/mol. The van der Waals surface area contributed by atoms with Crippen molar-refractivity contribution in [1.29, 1.82) is 0 Å². The quantitative estimate of drug-likeness (QED) is 0.0556. The van der Waals surface area contributed by atoms with E-state index in [1.54, 1.807) is 12.3 Å². The molecule has 1 aromatic carbocycles. The van der Waals surface area contributed by atoms with E-state index in [1.807, 2.05) is 70.8 Å². The molecule has 3 N–H and O–H groups in total. The van der Waals surface area contributed by atoms with E-state index in [2.05, 4.69) is 22.5 Å². The smallest absolute Gasteiger partial charge is 0.306 e. The number of aryl methyl sites for hydroxylation is 1. The third-order valence-electron chi connectivity index (χ3n) is 11.2. The summed E-state index contributed by atoms with van der Waals surface area (Å²) in [5.41, 5.74) is 2.17. The number of rotatable bonds is 24. The van der Waals surface area contributed by atoms with Crippen molar-refractivity contribution in [3.63, 3.8) is 0 Å². The maximum Gasteiger partial charge on any atom is 0.306 e. The Labute approximate surface area is 350 Å². The fourth-order valence-corrected chi connectivity index (χ4v) is 8.12. The van der Waals surface area contributed by atoms with Crippen LogP contribution in [-0.2, 0) is 35.2 Å². The van der Waals surface area contributed by atoms with Crippen molar-refractivity contribution in [2.45, 2.75) is 156 Å². The van der Waals surface area contributed by atoms with Gasteiger partial charge in [0.1, 0.15) is 16.7 Å². The standard InChI is InChI=1S/C44H69N5O8S/c1-10-12-13-16-23-56-49(43(53)39(30(6)11-2)47-41(52)36-17-14-15-22-48(36)9)37(28(3)4)26-38(57-32(8)50)42-46-35(27-58-42)40(51)45-34(24-31(7)44(54)55)25-33-20-18-29(5)19-21-33/h18-21,27-28,30-31,34,36-39H,10-17,22-26H2,1-9H3,(H,45,51)(H,47,52)(H,54,55)/t30-,31-,34+,36+,37+,38+,39-/m0/s1. The first-order valence-corrected chi connectivity index (χ1v) is 22.1. The molecule has 7 atom stereocenters. The fourth-order valence-electron chi connectivity index (χ4n) is 7.28. The molecular weight excluding hydrogens is 759 g/mol. The number of aliphatic carboxylic acids is 1. The molecule has 0 bridgehead atoms. The molecule has 1 aliphatic rings. The van der Waals surface area contributed by atoms with Crippen LogP contribution >= 0.6 is 11.3 Å². The maximum atomic E-state index is 14.8. The Hall–Kier alpha value is -3.88. The van der Waals surface area contributed by atoms with Crippen molar-refractivity contribution in [1.82, 2.24) is 25.6 Å². The molecule has 3 amide bonds. The molecule has 14 heteroatoms. The number of hydroxylamine groups is 2. The molecule has 1 aliphatic heterocycles. The molecule has 0 aliphatic carbocycles. The summed E-state index contributed by atoms with van der Waals surface area (Å²) in [5.74, 6) is -3.55. The molecule has 2 heterocycles. The number of carbonyl (C=O) groups excluding carboxylic acids is 4. The Kier molecular flexibility index (Phi) is 20.3. The van der Waals surface area contributed by atoms with Crippen LogP contribution in [0.5, 0.6) is 0 Å². The predicted octanol–water partition coefficient (Wildman–Crippen LogP) is 7.28. The largest absolute Gasteiger partial charge is 0.481 e. The average Bonchev–Trinajstić information content (AvgIpc) is 3.68. The minimum Gasteiger partial charge on any atom is -0.481 e. The first-order valence-electron chi connectivity index (χ1n) is 21.2. The number of hydrogen-bond donors (Lipinski definition) is 3. The van der Waals surface area contributed by atoms with Gasteiger partial charge in [0.05, 0.1) is 24.6 Å². The zero-order valence-corrected chi connectivity index (χ0v) is 37.1. The van der Waals surface area contributed by atoms with Crippen molar-refractivity contribution in [3.8, 4) is 0 Å². The van der Waals surface area contributed by atoms with Crippen molar-refractivity contribution >= 4 is 41.0 Å². The predicted molar refractivity (Wildman–Crippen MR) is 226 cm³/mol. The lowest BCUT2D eigenvalue weighted by atomic mass is 9.93. The lowest BCUT2D eigenvalue weighted by Crippen LogP contribution is -2.58. The number of likely N-dealkylation sites (N-methyl/N-ethyl adjacent to an activating group) is 1. The minimum absolute atomic E-state index is 0.113. The van der Waals surface area contributed by atoms with Gasteiger partial charge >= 0.3 is 11.9 Å². The van der Waals surface area contributed by atoms with Gasteiger partial charge in [0.25, 0.3) is 11.8 Å². The molecule has 3 rings (SSSR count). The van der Waals surface area contributed by atoms with Gasteiger partial charge in [-0.3, -0.25) is 33.7 Å². The van der Waals surface area contributed by atoms with E-state index in [1.165, 1.54) is 23.3 Å². The summed E-state index contributed by atoms with van der Waals surface area (Å²) in [5, 5.41) is 19.1. The number of carbonyl (C=O) groups is 5.